The van der Waals surface area contributed by atoms with E-state index < -0.39 is 6.10 Å². The van der Waals surface area contributed by atoms with Crippen LogP contribution in [0.25, 0.3) is 0 Å². The fourth-order valence-electron chi connectivity index (χ4n) is 1.75. The smallest absolute Gasteiger partial charge is 0.107 e. The number of aliphatic hydroxyl groups is 1. The SMILES string of the molecule is CCCn1cc(C(O)c2ccc(Br)c(Br)c2)cn1. The minimum atomic E-state index is -0.639. The van der Waals surface area contributed by atoms with Crippen LogP contribution < -0.4 is 0 Å². The maximum atomic E-state index is 10.3. The van der Waals surface area contributed by atoms with Gasteiger partial charge in [0, 0.05) is 27.3 Å². The van der Waals surface area contributed by atoms with Gasteiger partial charge in [-0.15, -0.1) is 0 Å². The zero-order valence-corrected chi connectivity index (χ0v) is 13.1. The van der Waals surface area contributed by atoms with E-state index in [1.54, 1.807) is 6.20 Å². The van der Waals surface area contributed by atoms with E-state index >= 15 is 0 Å². The number of aliphatic hydroxyl groups excluding tert-OH is 1. The Kier molecular flexibility index (Phi) is 4.59. The highest BCUT2D eigenvalue weighted by molar-refractivity contribution is 9.13. The van der Waals surface area contributed by atoms with E-state index in [9.17, 15) is 5.11 Å². The largest absolute Gasteiger partial charge is 0.384 e. The van der Waals surface area contributed by atoms with Crippen molar-refractivity contribution in [1.82, 2.24) is 9.78 Å². The lowest BCUT2D eigenvalue weighted by molar-refractivity contribution is 0.220. The molecule has 1 aromatic heterocycles. The maximum absolute atomic E-state index is 10.3. The zero-order valence-electron chi connectivity index (χ0n) is 9.98. The van der Waals surface area contributed by atoms with E-state index in [1.807, 2.05) is 29.1 Å². The molecule has 2 rings (SSSR count). The van der Waals surface area contributed by atoms with Gasteiger partial charge in [0.15, 0.2) is 0 Å². The van der Waals surface area contributed by atoms with Crippen LogP contribution in [0.15, 0.2) is 39.5 Å². The molecule has 0 bridgehead atoms. The first-order valence-corrected chi connectivity index (χ1v) is 7.35. The minimum absolute atomic E-state index is 0.639. The number of aryl methyl sites for hydroxylation is 1. The quantitative estimate of drug-likeness (QED) is 0.882. The number of halogens is 2. The second kappa shape index (κ2) is 5.99. The zero-order chi connectivity index (χ0) is 13.1. The molecular weight excluding hydrogens is 360 g/mol. The summed E-state index contributed by atoms with van der Waals surface area (Å²) in [5, 5.41) is 14.5. The Hall–Kier alpha value is -0.650. The normalized spacial score (nSPS) is 12.7. The van der Waals surface area contributed by atoms with Crippen LogP contribution in [-0.4, -0.2) is 14.9 Å². The number of hydrogen-bond donors (Lipinski definition) is 1. The van der Waals surface area contributed by atoms with Crippen molar-refractivity contribution in [3.05, 3.63) is 50.7 Å². The van der Waals surface area contributed by atoms with Gasteiger partial charge in [-0.1, -0.05) is 13.0 Å². The third-order valence-corrected chi connectivity index (χ3v) is 4.56. The molecular formula is C13H14Br2N2O. The molecule has 2 aromatic rings. The molecule has 18 heavy (non-hydrogen) atoms. The summed E-state index contributed by atoms with van der Waals surface area (Å²) in [4.78, 5) is 0. The van der Waals surface area contributed by atoms with Crippen LogP contribution in [0.2, 0.25) is 0 Å². The summed E-state index contributed by atoms with van der Waals surface area (Å²) in [7, 11) is 0. The van der Waals surface area contributed by atoms with Gasteiger partial charge >= 0.3 is 0 Å². The molecule has 0 aliphatic heterocycles. The molecule has 1 unspecified atom stereocenters. The van der Waals surface area contributed by atoms with Gasteiger partial charge in [-0.05, 0) is 56.0 Å². The molecule has 5 heteroatoms. The first-order valence-electron chi connectivity index (χ1n) is 5.77. The molecule has 0 fully saturated rings. The second-order valence-electron chi connectivity index (χ2n) is 4.11. The number of benzene rings is 1. The average Bonchev–Trinajstić information content (AvgIpc) is 2.81. The lowest BCUT2D eigenvalue weighted by atomic mass is 10.1. The van der Waals surface area contributed by atoms with E-state index in [0.717, 1.165) is 33.0 Å². The molecule has 96 valence electrons. The summed E-state index contributed by atoms with van der Waals surface area (Å²) in [6.45, 7) is 2.97. The van der Waals surface area contributed by atoms with Crippen LogP contribution in [0.1, 0.15) is 30.6 Å². The predicted octanol–water partition coefficient (Wildman–Crippen LogP) is 3.90. The number of nitrogens with zero attached hydrogens (tertiary/aromatic N) is 2. The average molecular weight is 374 g/mol. The molecule has 1 aromatic carbocycles. The van der Waals surface area contributed by atoms with Gasteiger partial charge in [-0.3, -0.25) is 4.68 Å². The summed E-state index contributed by atoms with van der Waals surface area (Å²) in [6, 6.07) is 5.72. The first-order chi connectivity index (χ1) is 8.61. The van der Waals surface area contributed by atoms with Crippen LogP contribution in [0, 0.1) is 0 Å². The molecule has 0 saturated carbocycles. The molecule has 0 amide bonds. The van der Waals surface area contributed by atoms with Gasteiger partial charge < -0.3 is 5.11 Å². The van der Waals surface area contributed by atoms with Gasteiger partial charge in [0.2, 0.25) is 0 Å². The molecule has 0 spiro atoms. The van der Waals surface area contributed by atoms with Crippen LogP contribution in [0.4, 0.5) is 0 Å². The topological polar surface area (TPSA) is 38.0 Å². The summed E-state index contributed by atoms with van der Waals surface area (Å²) in [5.41, 5.74) is 1.67. The van der Waals surface area contributed by atoms with E-state index in [0.29, 0.717) is 0 Å². The lowest BCUT2D eigenvalue weighted by Crippen LogP contribution is -1.99. The molecule has 0 saturated heterocycles. The Labute approximate surface area is 123 Å². The van der Waals surface area contributed by atoms with Crippen LogP contribution in [0.3, 0.4) is 0 Å². The highest BCUT2D eigenvalue weighted by atomic mass is 79.9. The number of aromatic nitrogens is 2. The Bertz CT molecular complexity index is 540. The Morgan fingerprint density at radius 3 is 2.72 bits per heavy atom. The minimum Gasteiger partial charge on any atom is -0.384 e. The fourth-order valence-corrected chi connectivity index (χ4v) is 2.39. The van der Waals surface area contributed by atoms with E-state index in [-0.39, 0.29) is 0 Å². The van der Waals surface area contributed by atoms with Crippen molar-refractivity contribution in [3.63, 3.8) is 0 Å². The van der Waals surface area contributed by atoms with Gasteiger partial charge in [-0.25, -0.2) is 0 Å². The van der Waals surface area contributed by atoms with Crippen LogP contribution >= 0.6 is 31.9 Å². The van der Waals surface area contributed by atoms with Crippen molar-refractivity contribution < 1.29 is 5.11 Å². The van der Waals surface area contributed by atoms with Crippen molar-refractivity contribution in [2.24, 2.45) is 0 Å². The van der Waals surface area contributed by atoms with Gasteiger partial charge in [0.1, 0.15) is 6.10 Å². The Balaban J connectivity index is 2.23. The van der Waals surface area contributed by atoms with Crippen molar-refractivity contribution in [1.29, 1.82) is 0 Å². The Morgan fingerprint density at radius 2 is 2.06 bits per heavy atom. The highest BCUT2D eigenvalue weighted by Crippen LogP contribution is 2.29. The van der Waals surface area contributed by atoms with Crippen molar-refractivity contribution in [2.75, 3.05) is 0 Å². The third-order valence-electron chi connectivity index (χ3n) is 2.68. The van der Waals surface area contributed by atoms with Crippen LogP contribution in [0.5, 0.6) is 0 Å². The predicted molar refractivity (Wildman–Crippen MR) is 78.4 cm³/mol. The van der Waals surface area contributed by atoms with Gasteiger partial charge in [0.05, 0.1) is 6.20 Å². The molecule has 0 aliphatic carbocycles. The number of rotatable bonds is 4. The van der Waals surface area contributed by atoms with E-state index in [4.69, 9.17) is 0 Å². The summed E-state index contributed by atoms with van der Waals surface area (Å²) < 4.78 is 3.76. The molecule has 0 aliphatic rings. The molecule has 1 N–H and O–H groups in total. The third kappa shape index (κ3) is 3.02. The van der Waals surface area contributed by atoms with Crippen molar-refractivity contribution in [3.8, 4) is 0 Å². The molecule has 1 heterocycles. The lowest BCUT2D eigenvalue weighted by Gasteiger charge is -2.09. The summed E-state index contributed by atoms with van der Waals surface area (Å²) in [5.74, 6) is 0. The van der Waals surface area contributed by atoms with Gasteiger partial charge in [-0.2, -0.15) is 5.10 Å². The maximum Gasteiger partial charge on any atom is 0.107 e. The first kappa shape index (κ1) is 13.8. The van der Waals surface area contributed by atoms with Crippen LogP contribution in [-0.2, 0) is 6.54 Å². The Morgan fingerprint density at radius 1 is 1.28 bits per heavy atom. The standard InChI is InChI=1S/C13H14Br2N2O/c1-2-5-17-8-10(7-16-17)13(18)9-3-4-11(14)12(15)6-9/h3-4,6-8,13,18H,2,5H2,1H3. The van der Waals surface area contributed by atoms with Crippen molar-refractivity contribution in [2.45, 2.75) is 26.0 Å². The van der Waals surface area contributed by atoms with E-state index in [1.165, 1.54) is 0 Å². The second-order valence-corrected chi connectivity index (χ2v) is 5.82. The summed E-state index contributed by atoms with van der Waals surface area (Å²) >= 11 is 6.85. The molecule has 1 atom stereocenters. The summed E-state index contributed by atoms with van der Waals surface area (Å²) in [6.07, 6.45) is 4.00. The molecule has 0 radical (unpaired) electrons. The van der Waals surface area contributed by atoms with Crippen molar-refractivity contribution >= 4 is 31.9 Å². The monoisotopic (exact) mass is 372 g/mol. The van der Waals surface area contributed by atoms with Gasteiger partial charge in [0.25, 0.3) is 0 Å². The highest BCUT2D eigenvalue weighted by Gasteiger charge is 2.13. The number of hydrogen-bond acceptors (Lipinski definition) is 2. The molecule has 3 nitrogen and oxygen atoms in total. The van der Waals surface area contributed by atoms with E-state index in [2.05, 4.69) is 43.9 Å². The fraction of sp³-hybridized carbons (Fsp3) is 0.308.